The molecule has 0 radical (unpaired) electrons. The lowest BCUT2D eigenvalue weighted by Gasteiger charge is -2.25. The average molecular weight is 540 g/mol. The number of imidazole rings is 1. The molecule has 4 atom stereocenters. The van der Waals surface area contributed by atoms with E-state index in [-0.39, 0.29) is 38.5 Å². The van der Waals surface area contributed by atoms with Gasteiger partial charge in [0.05, 0.1) is 12.4 Å². The molecule has 5 amide bonds. The van der Waals surface area contributed by atoms with Crippen molar-refractivity contribution in [2.75, 3.05) is 6.54 Å². The zero-order valence-corrected chi connectivity index (χ0v) is 21.0. The first-order chi connectivity index (χ1) is 17.9. The van der Waals surface area contributed by atoms with E-state index in [1.807, 2.05) is 0 Å². The number of carbonyl (C=O) groups excluding carboxylic acids is 5. The molecule has 212 valence electrons. The fraction of sp³-hybridized carbons (Fsp3) is 0.591. The molecule has 0 aliphatic carbocycles. The average Bonchev–Trinajstić information content (AvgIpc) is 3.36. The van der Waals surface area contributed by atoms with Crippen LogP contribution in [0.5, 0.6) is 0 Å². The van der Waals surface area contributed by atoms with Crippen molar-refractivity contribution >= 4 is 35.5 Å². The highest BCUT2D eigenvalue weighted by Gasteiger charge is 2.31. The summed E-state index contributed by atoms with van der Waals surface area (Å²) in [6, 6.07) is -4.97. The smallest absolute Gasteiger partial charge is 0.326 e. The van der Waals surface area contributed by atoms with Crippen LogP contribution in [0.4, 0.5) is 0 Å². The topological polar surface area (TPSA) is 292 Å². The maximum atomic E-state index is 13.2. The van der Waals surface area contributed by atoms with Crippen LogP contribution >= 0.6 is 0 Å². The molecular weight excluding hydrogens is 502 g/mol. The van der Waals surface area contributed by atoms with E-state index in [1.54, 1.807) is 0 Å². The summed E-state index contributed by atoms with van der Waals surface area (Å²) >= 11 is 0. The number of carbonyl (C=O) groups is 6. The number of aromatic nitrogens is 2. The van der Waals surface area contributed by atoms with Crippen molar-refractivity contribution in [3.05, 3.63) is 18.2 Å². The number of H-pyrrole nitrogens is 1. The Morgan fingerprint density at radius 1 is 0.842 bits per heavy atom. The highest BCUT2D eigenvalue weighted by Crippen LogP contribution is 2.06. The number of rotatable bonds is 19. The quantitative estimate of drug-likeness (QED) is 0.0780. The third-order valence-corrected chi connectivity index (χ3v) is 5.52. The fourth-order valence-corrected chi connectivity index (χ4v) is 3.38. The Morgan fingerprint density at radius 2 is 1.42 bits per heavy atom. The Hall–Kier alpha value is -4.05. The van der Waals surface area contributed by atoms with Crippen LogP contribution in [0.3, 0.4) is 0 Å². The van der Waals surface area contributed by atoms with Crippen LogP contribution in [-0.2, 0) is 35.2 Å². The van der Waals surface area contributed by atoms with Crippen LogP contribution in [0.25, 0.3) is 0 Å². The Kier molecular flexibility index (Phi) is 14.0. The van der Waals surface area contributed by atoms with Gasteiger partial charge in [0.1, 0.15) is 18.1 Å². The molecule has 0 saturated heterocycles. The van der Waals surface area contributed by atoms with E-state index in [0.717, 1.165) is 0 Å². The van der Waals surface area contributed by atoms with Gasteiger partial charge in [-0.05, 0) is 38.6 Å². The van der Waals surface area contributed by atoms with Gasteiger partial charge < -0.3 is 49.0 Å². The fourth-order valence-electron chi connectivity index (χ4n) is 3.38. The van der Waals surface area contributed by atoms with Crippen molar-refractivity contribution in [2.24, 2.45) is 22.9 Å². The molecule has 0 fully saturated rings. The van der Waals surface area contributed by atoms with Crippen molar-refractivity contribution in [3.8, 4) is 0 Å². The lowest BCUT2D eigenvalue weighted by atomic mass is 10.0. The van der Waals surface area contributed by atoms with Gasteiger partial charge in [-0.2, -0.15) is 0 Å². The number of hydrogen-bond donors (Lipinski definition) is 9. The molecule has 16 heteroatoms. The summed E-state index contributed by atoms with van der Waals surface area (Å²) in [4.78, 5) is 79.3. The van der Waals surface area contributed by atoms with E-state index in [1.165, 1.54) is 12.5 Å². The van der Waals surface area contributed by atoms with Gasteiger partial charge in [-0.15, -0.1) is 0 Å². The van der Waals surface area contributed by atoms with E-state index in [4.69, 9.17) is 22.9 Å². The van der Waals surface area contributed by atoms with Crippen molar-refractivity contribution < 1.29 is 33.9 Å². The number of unbranched alkanes of at least 4 members (excludes halogenated alkanes) is 1. The predicted molar refractivity (Wildman–Crippen MR) is 133 cm³/mol. The molecule has 0 aromatic carbocycles. The largest absolute Gasteiger partial charge is 0.480 e. The number of nitrogens with zero attached hydrogens (tertiary/aromatic N) is 1. The monoisotopic (exact) mass is 539 g/mol. The maximum Gasteiger partial charge on any atom is 0.326 e. The number of primary amides is 2. The maximum absolute atomic E-state index is 13.2. The second-order valence-electron chi connectivity index (χ2n) is 8.70. The normalized spacial score (nSPS) is 13.9. The Morgan fingerprint density at radius 3 is 1.97 bits per heavy atom. The summed E-state index contributed by atoms with van der Waals surface area (Å²) < 4.78 is 0. The molecule has 1 aromatic rings. The lowest BCUT2D eigenvalue weighted by Crippen LogP contribution is -2.57. The van der Waals surface area contributed by atoms with E-state index >= 15 is 0 Å². The first-order valence-electron chi connectivity index (χ1n) is 12.1. The van der Waals surface area contributed by atoms with Crippen molar-refractivity contribution in [1.82, 2.24) is 25.9 Å². The lowest BCUT2D eigenvalue weighted by molar-refractivity contribution is -0.142. The summed E-state index contributed by atoms with van der Waals surface area (Å²) in [5, 5.41) is 16.8. The molecule has 1 aromatic heterocycles. The van der Waals surface area contributed by atoms with Crippen LogP contribution in [-0.4, -0.2) is 81.3 Å². The summed E-state index contributed by atoms with van der Waals surface area (Å²) in [7, 11) is 0. The highest BCUT2D eigenvalue weighted by molar-refractivity contribution is 5.94. The third-order valence-electron chi connectivity index (χ3n) is 5.52. The van der Waals surface area contributed by atoms with Gasteiger partial charge in [-0.1, -0.05) is 0 Å². The van der Waals surface area contributed by atoms with E-state index in [0.29, 0.717) is 25.1 Å². The molecule has 0 bridgehead atoms. The zero-order valence-electron chi connectivity index (χ0n) is 21.0. The van der Waals surface area contributed by atoms with E-state index < -0.39 is 59.7 Å². The Labute approximate surface area is 219 Å². The molecule has 38 heavy (non-hydrogen) atoms. The number of nitrogens with two attached hydrogens (primary N) is 4. The van der Waals surface area contributed by atoms with Crippen LogP contribution in [0.15, 0.2) is 12.5 Å². The summed E-state index contributed by atoms with van der Waals surface area (Å²) in [5.41, 5.74) is 22.0. The highest BCUT2D eigenvalue weighted by atomic mass is 16.4. The second kappa shape index (κ2) is 16.6. The Balaban J connectivity index is 3.04. The number of carboxylic acid groups (broad SMARTS) is 1. The SMILES string of the molecule is NCCCCC(NC(=O)C(CCC(N)=O)NC(=O)C(Cc1cnc[nH]1)NC(=O)C(N)CCC(N)=O)C(=O)O. The molecule has 0 aliphatic rings. The molecule has 13 N–H and O–H groups in total. The first-order valence-corrected chi connectivity index (χ1v) is 12.1. The predicted octanol–water partition coefficient (Wildman–Crippen LogP) is -3.52. The van der Waals surface area contributed by atoms with Gasteiger partial charge in [-0.3, -0.25) is 24.0 Å². The van der Waals surface area contributed by atoms with Crippen LogP contribution in [0, 0.1) is 0 Å². The Bertz CT molecular complexity index is 955. The minimum Gasteiger partial charge on any atom is -0.480 e. The van der Waals surface area contributed by atoms with Crippen LogP contribution < -0.4 is 38.9 Å². The molecular formula is C22H37N9O7. The van der Waals surface area contributed by atoms with Gasteiger partial charge in [0.15, 0.2) is 0 Å². The van der Waals surface area contributed by atoms with Crippen molar-refractivity contribution in [1.29, 1.82) is 0 Å². The van der Waals surface area contributed by atoms with Crippen LogP contribution in [0.2, 0.25) is 0 Å². The number of nitrogens with one attached hydrogen (secondary N) is 4. The minimum atomic E-state index is -1.34. The van der Waals surface area contributed by atoms with Gasteiger partial charge >= 0.3 is 5.97 Å². The molecule has 16 nitrogen and oxygen atoms in total. The summed E-state index contributed by atoms with van der Waals surface area (Å²) in [6.45, 7) is 0.354. The van der Waals surface area contributed by atoms with Gasteiger partial charge in [0, 0.05) is 31.2 Å². The summed E-state index contributed by atoms with van der Waals surface area (Å²) in [6.07, 6.45) is 3.14. The second-order valence-corrected chi connectivity index (χ2v) is 8.70. The van der Waals surface area contributed by atoms with Crippen LogP contribution in [0.1, 0.15) is 50.6 Å². The number of aliphatic carboxylic acids is 1. The molecule has 1 rings (SSSR count). The number of amides is 5. The number of aromatic amines is 1. The van der Waals surface area contributed by atoms with E-state index in [9.17, 15) is 33.9 Å². The zero-order chi connectivity index (χ0) is 28.7. The standard InChI is InChI=1S/C22H37N9O7/c23-8-2-1-3-15(22(37)38)30-20(35)14(5-7-18(26)33)29-21(36)16(9-12-10-27-11-28-12)31-19(34)13(24)4-6-17(25)32/h10-11,13-16H,1-9,23-24H2,(H2,25,32)(H2,26,33)(H,27,28)(H,29,36)(H,30,35)(H,31,34)(H,37,38). The third kappa shape index (κ3) is 12.3. The number of carboxylic acids is 1. The van der Waals surface area contributed by atoms with Crippen molar-refractivity contribution in [3.63, 3.8) is 0 Å². The molecule has 4 unspecified atom stereocenters. The minimum absolute atomic E-state index is 0.0516. The molecule has 0 saturated carbocycles. The molecule has 0 aliphatic heterocycles. The molecule has 0 spiro atoms. The summed E-state index contributed by atoms with van der Waals surface area (Å²) in [5.74, 6) is -5.05. The van der Waals surface area contributed by atoms with Gasteiger partial charge in [0.25, 0.3) is 0 Å². The van der Waals surface area contributed by atoms with E-state index in [2.05, 4.69) is 25.9 Å². The number of hydrogen-bond acceptors (Lipinski definition) is 9. The molecule has 1 heterocycles. The van der Waals surface area contributed by atoms with Gasteiger partial charge in [-0.25, -0.2) is 9.78 Å². The van der Waals surface area contributed by atoms with Gasteiger partial charge in [0.2, 0.25) is 29.5 Å². The first kappa shape index (κ1) is 32.0. The van der Waals surface area contributed by atoms with Crippen molar-refractivity contribution in [2.45, 2.75) is 75.5 Å².